The number of carbonyl (C=O) groups is 1. The summed E-state index contributed by atoms with van der Waals surface area (Å²) in [5.41, 5.74) is 6.50. The monoisotopic (exact) mass is 295 g/mol. The van der Waals surface area contributed by atoms with E-state index in [2.05, 4.69) is 15.8 Å². The predicted molar refractivity (Wildman–Crippen MR) is 76.1 cm³/mol. The normalized spacial score (nSPS) is 10.2. The molecule has 0 saturated heterocycles. The molecule has 0 atom stereocenters. The molecule has 0 aliphatic carbocycles. The number of nitrogens with zero attached hydrogens (tertiary/aromatic N) is 1. The summed E-state index contributed by atoms with van der Waals surface area (Å²) >= 11 is 1.32. The van der Waals surface area contributed by atoms with Crippen molar-refractivity contribution >= 4 is 22.4 Å². The second-order valence-electron chi connectivity index (χ2n) is 3.91. The van der Waals surface area contributed by atoms with Crippen LogP contribution in [0.25, 0.3) is 11.3 Å². The van der Waals surface area contributed by atoms with Gasteiger partial charge < -0.3 is 4.74 Å². The van der Waals surface area contributed by atoms with E-state index in [1.165, 1.54) is 24.5 Å². The van der Waals surface area contributed by atoms with Crippen LogP contribution < -0.4 is 15.6 Å². The quantitative estimate of drug-likeness (QED) is 0.833. The maximum Gasteiger partial charge on any atom is 0.238 e. The molecule has 1 heterocycles. The Kier molecular flexibility index (Phi) is 4.52. The molecule has 5 nitrogen and oxygen atoms in total. The van der Waals surface area contributed by atoms with Crippen LogP contribution in [0.4, 0.5) is 9.52 Å². The summed E-state index contributed by atoms with van der Waals surface area (Å²) < 4.78 is 18.5. The number of methoxy groups -OCH3 is 1. The summed E-state index contributed by atoms with van der Waals surface area (Å²) in [6, 6.07) is 4.64. The molecule has 7 heteroatoms. The molecule has 106 valence electrons. The molecule has 0 aliphatic rings. The van der Waals surface area contributed by atoms with Crippen LogP contribution in [0.3, 0.4) is 0 Å². The minimum atomic E-state index is -0.438. The van der Waals surface area contributed by atoms with Crippen LogP contribution in [0, 0.1) is 5.82 Å². The SMILES string of the molecule is CCC(=O)NNc1nc(-c2ccc(OC)c(F)c2)cs1. The lowest BCUT2D eigenvalue weighted by Gasteiger charge is -2.04. The first-order chi connectivity index (χ1) is 9.63. The van der Waals surface area contributed by atoms with Gasteiger partial charge in [0.15, 0.2) is 11.6 Å². The zero-order chi connectivity index (χ0) is 14.5. The molecule has 1 amide bonds. The molecule has 2 N–H and O–H groups in total. The molecule has 1 aromatic carbocycles. The number of aromatic nitrogens is 1. The fourth-order valence-corrected chi connectivity index (χ4v) is 2.17. The average Bonchev–Trinajstić information content (AvgIpc) is 2.93. The average molecular weight is 295 g/mol. The van der Waals surface area contributed by atoms with Gasteiger partial charge in [0.2, 0.25) is 11.0 Å². The number of carbonyl (C=O) groups excluding carboxylic acids is 1. The van der Waals surface area contributed by atoms with Crippen molar-refractivity contribution in [2.24, 2.45) is 0 Å². The van der Waals surface area contributed by atoms with Crippen LogP contribution in [0.1, 0.15) is 13.3 Å². The zero-order valence-corrected chi connectivity index (χ0v) is 11.9. The summed E-state index contributed by atoms with van der Waals surface area (Å²) in [6.45, 7) is 1.75. The Morgan fingerprint density at radius 2 is 2.30 bits per heavy atom. The Hall–Kier alpha value is -2.15. The van der Waals surface area contributed by atoms with Crippen LogP contribution in [-0.2, 0) is 4.79 Å². The highest BCUT2D eigenvalue weighted by Crippen LogP contribution is 2.28. The standard InChI is InChI=1S/C13H14FN3O2S/c1-3-12(18)16-17-13-15-10(7-20-13)8-4-5-11(19-2)9(14)6-8/h4-7H,3H2,1-2H3,(H,15,17)(H,16,18). The van der Waals surface area contributed by atoms with Crippen molar-refractivity contribution in [3.05, 3.63) is 29.4 Å². The van der Waals surface area contributed by atoms with Crippen molar-refractivity contribution in [2.75, 3.05) is 12.5 Å². The molecule has 0 spiro atoms. The predicted octanol–water partition coefficient (Wildman–Crippen LogP) is 2.81. The van der Waals surface area contributed by atoms with Crippen LogP contribution in [0.15, 0.2) is 23.6 Å². The van der Waals surface area contributed by atoms with Crippen molar-refractivity contribution in [1.82, 2.24) is 10.4 Å². The maximum atomic E-state index is 13.6. The van der Waals surface area contributed by atoms with Gasteiger partial charge in [0.05, 0.1) is 12.8 Å². The van der Waals surface area contributed by atoms with Gasteiger partial charge in [0.1, 0.15) is 0 Å². The second-order valence-corrected chi connectivity index (χ2v) is 4.77. The van der Waals surface area contributed by atoms with Gasteiger partial charge in [-0.05, 0) is 18.2 Å². The van der Waals surface area contributed by atoms with Gasteiger partial charge in [-0.25, -0.2) is 9.37 Å². The van der Waals surface area contributed by atoms with E-state index in [1.54, 1.807) is 24.4 Å². The van der Waals surface area contributed by atoms with E-state index in [9.17, 15) is 9.18 Å². The first kappa shape index (κ1) is 14.3. The van der Waals surface area contributed by atoms with Gasteiger partial charge in [-0.15, -0.1) is 11.3 Å². The fraction of sp³-hybridized carbons (Fsp3) is 0.231. The largest absolute Gasteiger partial charge is 0.494 e. The Morgan fingerprint density at radius 1 is 1.50 bits per heavy atom. The molecule has 0 radical (unpaired) electrons. The molecule has 0 aliphatic heterocycles. The number of hydrogen-bond donors (Lipinski definition) is 2. The summed E-state index contributed by atoms with van der Waals surface area (Å²) in [7, 11) is 1.42. The number of hydrazine groups is 1. The van der Waals surface area contributed by atoms with Crippen molar-refractivity contribution in [3.8, 4) is 17.0 Å². The molecule has 20 heavy (non-hydrogen) atoms. The molecule has 0 unspecified atom stereocenters. The molecule has 0 bridgehead atoms. The Morgan fingerprint density at radius 3 is 2.95 bits per heavy atom. The first-order valence-electron chi connectivity index (χ1n) is 5.98. The van der Waals surface area contributed by atoms with E-state index in [-0.39, 0.29) is 11.7 Å². The van der Waals surface area contributed by atoms with Crippen molar-refractivity contribution in [2.45, 2.75) is 13.3 Å². The zero-order valence-electron chi connectivity index (χ0n) is 11.1. The highest BCUT2D eigenvalue weighted by Gasteiger charge is 2.09. The van der Waals surface area contributed by atoms with E-state index in [1.807, 2.05) is 0 Å². The number of amides is 1. The summed E-state index contributed by atoms with van der Waals surface area (Å²) in [6.07, 6.45) is 0.384. The lowest BCUT2D eigenvalue weighted by atomic mass is 10.1. The highest BCUT2D eigenvalue weighted by atomic mass is 32.1. The number of halogens is 1. The molecule has 0 saturated carbocycles. The maximum absolute atomic E-state index is 13.6. The number of nitrogens with one attached hydrogen (secondary N) is 2. The summed E-state index contributed by atoms with van der Waals surface area (Å²) in [5.74, 6) is -0.374. The highest BCUT2D eigenvalue weighted by molar-refractivity contribution is 7.14. The van der Waals surface area contributed by atoms with Gasteiger partial charge in [-0.2, -0.15) is 0 Å². The molecular weight excluding hydrogens is 281 g/mol. The number of anilines is 1. The number of benzene rings is 1. The Labute approximate surface area is 119 Å². The van der Waals surface area contributed by atoms with E-state index >= 15 is 0 Å². The molecular formula is C13H14FN3O2S. The van der Waals surface area contributed by atoms with Gasteiger partial charge in [0.25, 0.3) is 0 Å². The summed E-state index contributed by atoms with van der Waals surface area (Å²) in [4.78, 5) is 15.4. The van der Waals surface area contributed by atoms with Crippen LogP contribution in [0.5, 0.6) is 5.75 Å². The van der Waals surface area contributed by atoms with Crippen molar-refractivity contribution < 1.29 is 13.9 Å². The first-order valence-corrected chi connectivity index (χ1v) is 6.86. The van der Waals surface area contributed by atoms with Gasteiger partial charge in [-0.3, -0.25) is 15.6 Å². The smallest absolute Gasteiger partial charge is 0.238 e. The molecule has 2 rings (SSSR count). The fourth-order valence-electron chi connectivity index (χ4n) is 1.50. The lowest BCUT2D eigenvalue weighted by Crippen LogP contribution is -2.28. The van der Waals surface area contributed by atoms with Crippen molar-refractivity contribution in [1.29, 1.82) is 0 Å². The van der Waals surface area contributed by atoms with Crippen LogP contribution >= 0.6 is 11.3 Å². The number of rotatable bonds is 5. The number of hydrogen-bond acceptors (Lipinski definition) is 5. The number of thiazole rings is 1. The number of ether oxygens (including phenoxy) is 1. The lowest BCUT2D eigenvalue weighted by molar-refractivity contribution is -0.120. The molecule has 1 aromatic heterocycles. The minimum absolute atomic E-state index is 0.128. The second kappa shape index (κ2) is 6.33. The summed E-state index contributed by atoms with van der Waals surface area (Å²) in [5, 5.41) is 2.32. The Bertz CT molecular complexity index is 615. The van der Waals surface area contributed by atoms with E-state index in [4.69, 9.17) is 4.74 Å². The van der Waals surface area contributed by atoms with Crippen LogP contribution in [-0.4, -0.2) is 18.0 Å². The Balaban J connectivity index is 2.12. The third kappa shape index (κ3) is 3.24. The van der Waals surface area contributed by atoms with E-state index in [0.29, 0.717) is 22.8 Å². The topological polar surface area (TPSA) is 63.2 Å². The van der Waals surface area contributed by atoms with Gasteiger partial charge >= 0.3 is 0 Å². The molecule has 0 fully saturated rings. The van der Waals surface area contributed by atoms with Crippen LogP contribution in [0.2, 0.25) is 0 Å². The van der Waals surface area contributed by atoms with Crippen molar-refractivity contribution in [3.63, 3.8) is 0 Å². The minimum Gasteiger partial charge on any atom is -0.494 e. The third-order valence-electron chi connectivity index (χ3n) is 2.58. The van der Waals surface area contributed by atoms with E-state index < -0.39 is 5.82 Å². The molecule has 2 aromatic rings. The van der Waals surface area contributed by atoms with Gasteiger partial charge in [0, 0.05) is 17.4 Å². The van der Waals surface area contributed by atoms with Gasteiger partial charge in [-0.1, -0.05) is 6.92 Å². The third-order valence-corrected chi connectivity index (χ3v) is 3.34. The van der Waals surface area contributed by atoms with E-state index in [0.717, 1.165) is 0 Å².